The first kappa shape index (κ1) is 21.2. The van der Waals surface area contributed by atoms with E-state index in [2.05, 4.69) is 10.1 Å². The molecule has 1 aliphatic rings. The topological polar surface area (TPSA) is 58.6 Å². The van der Waals surface area contributed by atoms with Crippen molar-refractivity contribution in [1.29, 1.82) is 0 Å². The van der Waals surface area contributed by atoms with Crippen LogP contribution in [0.2, 0.25) is 0 Å². The lowest BCUT2D eigenvalue weighted by Gasteiger charge is -2.17. The van der Waals surface area contributed by atoms with E-state index in [-0.39, 0.29) is 21.7 Å². The molecule has 0 bridgehead atoms. The molecular formula is C19H12F6N2O3. The predicted molar refractivity (Wildman–Crippen MR) is 92.9 cm³/mol. The van der Waals surface area contributed by atoms with Gasteiger partial charge < -0.3 is 10.1 Å². The van der Waals surface area contributed by atoms with Gasteiger partial charge in [-0.15, -0.1) is 13.2 Å². The fourth-order valence-electron chi connectivity index (χ4n) is 2.77. The predicted octanol–water partition coefficient (Wildman–Crippen LogP) is 4.34. The van der Waals surface area contributed by atoms with Gasteiger partial charge in [0.05, 0.1) is 5.57 Å². The number of alkyl halides is 6. The SMILES string of the molecule is O=C1C(Nc2ccc(OC(F)(F)F)cc2)=C(c2ccccc2)C(=O)N1CC(F)(F)F. The number of rotatable bonds is 5. The highest BCUT2D eigenvalue weighted by Gasteiger charge is 2.44. The monoisotopic (exact) mass is 430 g/mol. The van der Waals surface area contributed by atoms with Crippen LogP contribution in [0, 0.1) is 0 Å². The van der Waals surface area contributed by atoms with Crippen molar-refractivity contribution in [2.45, 2.75) is 12.5 Å². The largest absolute Gasteiger partial charge is 0.573 e. The molecular weight excluding hydrogens is 418 g/mol. The third-order valence-electron chi connectivity index (χ3n) is 3.93. The van der Waals surface area contributed by atoms with Gasteiger partial charge >= 0.3 is 12.5 Å². The van der Waals surface area contributed by atoms with E-state index in [0.29, 0.717) is 0 Å². The standard InChI is InChI=1S/C19H12F6N2O3/c20-18(21,22)10-27-16(28)14(11-4-2-1-3-5-11)15(17(27)29)26-12-6-8-13(9-7-12)30-19(23,24)25/h1-9,26H,10H2. The highest BCUT2D eigenvalue weighted by molar-refractivity contribution is 6.36. The van der Waals surface area contributed by atoms with Crippen molar-refractivity contribution in [3.05, 3.63) is 65.9 Å². The Morgan fingerprint density at radius 2 is 1.43 bits per heavy atom. The summed E-state index contributed by atoms with van der Waals surface area (Å²) in [6.45, 7) is -1.77. The number of imide groups is 1. The Balaban J connectivity index is 1.95. The summed E-state index contributed by atoms with van der Waals surface area (Å²) in [4.78, 5) is 25.2. The summed E-state index contributed by atoms with van der Waals surface area (Å²) in [6.07, 6.45) is -9.71. The number of nitrogens with zero attached hydrogens (tertiary/aromatic N) is 1. The zero-order valence-corrected chi connectivity index (χ0v) is 14.8. The van der Waals surface area contributed by atoms with Gasteiger partial charge in [-0.05, 0) is 29.8 Å². The quantitative estimate of drug-likeness (QED) is 0.567. The van der Waals surface area contributed by atoms with Crippen LogP contribution < -0.4 is 10.1 Å². The first-order chi connectivity index (χ1) is 13.9. The fourth-order valence-corrected chi connectivity index (χ4v) is 2.77. The molecule has 2 aromatic carbocycles. The summed E-state index contributed by atoms with van der Waals surface area (Å²) >= 11 is 0. The average Bonchev–Trinajstić information content (AvgIpc) is 2.86. The molecule has 5 nitrogen and oxygen atoms in total. The van der Waals surface area contributed by atoms with Crippen LogP contribution in [0.1, 0.15) is 5.56 Å². The van der Waals surface area contributed by atoms with E-state index in [9.17, 15) is 35.9 Å². The molecule has 2 aromatic rings. The molecule has 0 saturated carbocycles. The molecule has 0 saturated heterocycles. The van der Waals surface area contributed by atoms with E-state index in [4.69, 9.17) is 0 Å². The van der Waals surface area contributed by atoms with Crippen LogP contribution in [0.5, 0.6) is 5.75 Å². The lowest BCUT2D eigenvalue weighted by atomic mass is 10.0. The number of hydrogen-bond donors (Lipinski definition) is 1. The van der Waals surface area contributed by atoms with Crippen molar-refractivity contribution in [2.75, 3.05) is 11.9 Å². The highest BCUT2D eigenvalue weighted by Crippen LogP contribution is 2.33. The van der Waals surface area contributed by atoms with Gasteiger partial charge in [-0.25, -0.2) is 0 Å². The van der Waals surface area contributed by atoms with Crippen LogP contribution >= 0.6 is 0 Å². The average molecular weight is 430 g/mol. The number of amides is 2. The van der Waals surface area contributed by atoms with Crippen molar-refractivity contribution < 1.29 is 40.7 Å². The summed E-state index contributed by atoms with van der Waals surface area (Å²) < 4.78 is 79.0. The molecule has 0 fully saturated rings. The van der Waals surface area contributed by atoms with Gasteiger partial charge in [0.25, 0.3) is 11.8 Å². The first-order valence-corrected chi connectivity index (χ1v) is 8.30. The Labute approximate surface area is 165 Å². The Bertz CT molecular complexity index is 982. The minimum Gasteiger partial charge on any atom is -0.406 e. The van der Waals surface area contributed by atoms with E-state index in [1.165, 1.54) is 24.3 Å². The van der Waals surface area contributed by atoms with Gasteiger partial charge in [-0.1, -0.05) is 30.3 Å². The zero-order chi connectivity index (χ0) is 22.1. The number of anilines is 1. The summed E-state index contributed by atoms with van der Waals surface area (Å²) in [5, 5.41) is 2.54. The van der Waals surface area contributed by atoms with Crippen molar-refractivity contribution in [3.63, 3.8) is 0 Å². The van der Waals surface area contributed by atoms with E-state index in [1.807, 2.05) is 0 Å². The maximum absolute atomic E-state index is 12.8. The maximum Gasteiger partial charge on any atom is 0.573 e. The molecule has 2 amide bonds. The van der Waals surface area contributed by atoms with Gasteiger partial charge in [0.2, 0.25) is 0 Å². The van der Waals surface area contributed by atoms with Crippen LogP contribution in [0.15, 0.2) is 60.3 Å². The summed E-state index contributed by atoms with van der Waals surface area (Å²) in [6, 6.07) is 11.7. The summed E-state index contributed by atoms with van der Waals surface area (Å²) in [5.74, 6) is -2.87. The van der Waals surface area contributed by atoms with Crippen molar-refractivity contribution in [3.8, 4) is 5.75 Å². The minimum atomic E-state index is -4.90. The smallest absolute Gasteiger partial charge is 0.406 e. The molecule has 0 spiro atoms. The minimum absolute atomic E-state index is 0.0613. The second-order valence-corrected chi connectivity index (χ2v) is 6.12. The highest BCUT2D eigenvalue weighted by atomic mass is 19.4. The number of benzene rings is 2. The Morgan fingerprint density at radius 1 is 0.833 bits per heavy atom. The molecule has 0 atom stereocenters. The van der Waals surface area contributed by atoms with E-state index >= 15 is 0 Å². The second kappa shape index (κ2) is 7.73. The second-order valence-electron chi connectivity index (χ2n) is 6.12. The lowest BCUT2D eigenvalue weighted by Crippen LogP contribution is -2.40. The Morgan fingerprint density at radius 3 is 1.97 bits per heavy atom. The van der Waals surface area contributed by atoms with Crippen LogP contribution in [0.4, 0.5) is 32.0 Å². The van der Waals surface area contributed by atoms with Crippen molar-refractivity contribution in [2.24, 2.45) is 0 Å². The third kappa shape index (κ3) is 4.91. The van der Waals surface area contributed by atoms with E-state index in [0.717, 1.165) is 24.3 Å². The van der Waals surface area contributed by atoms with Gasteiger partial charge in [0.15, 0.2) is 0 Å². The number of hydrogen-bond acceptors (Lipinski definition) is 4. The third-order valence-corrected chi connectivity index (χ3v) is 3.93. The van der Waals surface area contributed by atoms with Crippen LogP contribution in [-0.4, -0.2) is 35.8 Å². The molecule has 30 heavy (non-hydrogen) atoms. The van der Waals surface area contributed by atoms with Crippen LogP contribution in [0.25, 0.3) is 5.57 Å². The van der Waals surface area contributed by atoms with Crippen LogP contribution in [-0.2, 0) is 9.59 Å². The summed E-state index contributed by atoms with van der Waals surface area (Å²) in [7, 11) is 0. The lowest BCUT2D eigenvalue weighted by molar-refractivity contribution is -0.274. The molecule has 1 N–H and O–H groups in total. The molecule has 158 valence electrons. The summed E-state index contributed by atoms with van der Waals surface area (Å²) in [5.41, 5.74) is -0.413. The van der Waals surface area contributed by atoms with E-state index < -0.39 is 42.3 Å². The van der Waals surface area contributed by atoms with Crippen LogP contribution in [0.3, 0.4) is 0 Å². The molecule has 0 aromatic heterocycles. The van der Waals surface area contributed by atoms with Gasteiger partial charge in [-0.2, -0.15) is 13.2 Å². The van der Waals surface area contributed by atoms with Crippen molar-refractivity contribution >= 4 is 23.1 Å². The molecule has 3 rings (SSSR count). The van der Waals surface area contributed by atoms with Gasteiger partial charge in [0.1, 0.15) is 18.0 Å². The fraction of sp³-hybridized carbons (Fsp3) is 0.158. The normalized spacial score (nSPS) is 15.1. The first-order valence-electron chi connectivity index (χ1n) is 8.30. The number of halogens is 6. The van der Waals surface area contributed by atoms with Gasteiger partial charge in [-0.3, -0.25) is 14.5 Å². The zero-order valence-electron chi connectivity index (χ0n) is 14.8. The molecule has 1 aliphatic heterocycles. The maximum atomic E-state index is 12.8. The molecule has 0 radical (unpaired) electrons. The van der Waals surface area contributed by atoms with Gasteiger partial charge in [0, 0.05) is 5.69 Å². The molecule has 0 unspecified atom stereocenters. The Kier molecular flexibility index (Phi) is 5.47. The number of ether oxygens (including phenoxy) is 1. The number of carbonyl (C=O) groups excluding carboxylic acids is 2. The van der Waals surface area contributed by atoms with Crippen molar-refractivity contribution in [1.82, 2.24) is 4.90 Å². The Hall–Kier alpha value is -3.50. The van der Waals surface area contributed by atoms with E-state index in [1.54, 1.807) is 6.07 Å². The molecule has 0 aliphatic carbocycles. The molecule has 1 heterocycles. The number of nitrogens with one attached hydrogen (secondary N) is 1. The molecule has 11 heteroatoms. The number of carbonyl (C=O) groups is 2.